The molecule has 29 heavy (non-hydrogen) atoms. The third-order valence-corrected chi connectivity index (χ3v) is 5.21. The van der Waals surface area contributed by atoms with E-state index in [0.717, 1.165) is 17.7 Å². The van der Waals surface area contributed by atoms with Gasteiger partial charge in [0.25, 0.3) is 0 Å². The predicted molar refractivity (Wildman–Crippen MR) is 113 cm³/mol. The minimum absolute atomic E-state index is 0.0704. The molecule has 0 aliphatic rings. The molecule has 7 nitrogen and oxygen atoms in total. The molecule has 1 amide bonds. The largest absolute Gasteiger partial charge is 0.480 e. The second kappa shape index (κ2) is 8.83. The number of nitro benzene ring substituents is 1. The Morgan fingerprint density at radius 1 is 1.24 bits per heavy atom. The van der Waals surface area contributed by atoms with Gasteiger partial charge in [-0.1, -0.05) is 25.1 Å². The molecule has 0 unspecified atom stereocenters. The number of aromatic nitrogens is 1. The SMILES string of the molecule is CCc1ccc(N(C(C)=O)c2nc(COc3ccc(C)cc3[N+](=O)[O-])cs2)cc1. The summed E-state index contributed by atoms with van der Waals surface area (Å²) in [7, 11) is 0. The van der Waals surface area contributed by atoms with Crippen molar-refractivity contribution in [3.8, 4) is 5.75 Å². The average Bonchev–Trinajstić information content (AvgIpc) is 3.15. The first-order chi connectivity index (χ1) is 13.9. The van der Waals surface area contributed by atoms with Crippen LogP contribution in [0, 0.1) is 17.0 Å². The van der Waals surface area contributed by atoms with E-state index in [1.165, 1.54) is 29.9 Å². The van der Waals surface area contributed by atoms with Crippen LogP contribution >= 0.6 is 11.3 Å². The number of hydrogen-bond donors (Lipinski definition) is 0. The van der Waals surface area contributed by atoms with E-state index in [9.17, 15) is 14.9 Å². The zero-order valence-electron chi connectivity index (χ0n) is 16.4. The van der Waals surface area contributed by atoms with Crippen LogP contribution in [0.3, 0.4) is 0 Å². The van der Waals surface area contributed by atoms with Crippen LogP contribution in [0.25, 0.3) is 0 Å². The lowest BCUT2D eigenvalue weighted by atomic mass is 10.1. The second-order valence-electron chi connectivity index (χ2n) is 6.51. The highest BCUT2D eigenvalue weighted by Crippen LogP contribution is 2.31. The molecule has 8 heteroatoms. The zero-order chi connectivity index (χ0) is 21.0. The van der Waals surface area contributed by atoms with Crippen LogP contribution in [0.2, 0.25) is 0 Å². The highest BCUT2D eigenvalue weighted by Gasteiger charge is 2.19. The number of hydrogen-bond acceptors (Lipinski definition) is 6. The fraction of sp³-hybridized carbons (Fsp3) is 0.238. The molecule has 150 valence electrons. The summed E-state index contributed by atoms with van der Waals surface area (Å²) >= 11 is 1.32. The van der Waals surface area contributed by atoms with Gasteiger partial charge in [-0.3, -0.25) is 19.8 Å². The van der Waals surface area contributed by atoms with Gasteiger partial charge in [0.1, 0.15) is 6.61 Å². The van der Waals surface area contributed by atoms with Crippen LogP contribution in [0.1, 0.15) is 30.7 Å². The summed E-state index contributed by atoms with van der Waals surface area (Å²) in [5.41, 5.74) is 3.22. The van der Waals surface area contributed by atoms with Crippen molar-refractivity contribution in [1.82, 2.24) is 4.98 Å². The van der Waals surface area contributed by atoms with Crippen LogP contribution in [-0.4, -0.2) is 15.8 Å². The molecule has 0 aliphatic carbocycles. The molecular formula is C21H21N3O4S. The maximum absolute atomic E-state index is 12.2. The Morgan fingerprint density at radius 3 is 2.59 bits per heavy atom. The van der Waals surface area contributed by atoms with Crippen molar-refractivity contribution in [3.05, 3.63) is 74.8 Å². The lowest BCUT2D eigenvalue weighted by Crippen LogP contribution is -2.22. The van der Waals surface area contributed by atoms with Crippen molar-refractivity contribution in [2.45, 2.75) is 33.8 Å². The fourth-order valence-corrected chi connectivity index (χ4v) is 3.69. The minimum Gasteiger partial charge on any atom is -0.480 e. The number of amides is 1. The Balaban J connectivity index is 1.78. The third kappa shape index (κ3) is 4.78. The number of anilines is 2. The predicted octanol–water partition coefficient (Wildman–Crippen LogP) is 5.19. The molecule has 0 bridgehead atoms. The highest BCUT2D eigenvalue weighted by atomic mass is 32.1. The molecule has 0 saturated carbocycles. The minimum atomic E-state index is -0.466. The molecule has 2 aromatic carbocycles. The van der Waals surface area contributed by atoms with Crippen LogP contribution < -0.4 is 9.64 Å². The Morgan fingerprint density at radius 2 is 1.97 bits per heavy atom. The number of nitro groups is 1. The lowest BCUT2D eigenvalue weighted by Gasteiger charge is -2.18. The van der Waals surface area contributed by atoms with Crippen molar-refractivity contribution in [1.29, 1.82) is 0 Å². The fourth-order valence-electron chi connectivity index (χ4n) is 2.82. The van der Waals surface area contributed by atoms with E-state index in [0.29, 0.717) is 10.8 Å². The molecule has 3 rings (SSSR count). The number of aryl methyl sites for hydroxylation is 2. The number of carbonyl (C=O) groups is 1. The van der Waals surface area contributed by atoms with Crippen LogP contribution in [0.5, 0.6) is 5.75 Å². The van der Waals surface area contributed by atoms with Gasteiger partial charge >= 0.3 is 5.69 Å². The Hall–Kier alpha value is -3.26. The van der Waals surface area contributed by atoms with Crippen LogP contribution in [0.15, 0.2) is 47.8 Å². The molecule has 1 heterocycles. The molecule has 0 aliphatic heterocycles. The highest BCUT2D eigenvalue weighted by molar-refractivity contribution is 7.14. The lowest BCUT2D eigenvalue weighted by molar-refractivity contribution is -0.386. The van der Waals surface area contributed by atoms with Crippen molar-refractivity contribution >= 4 is 33.8 Å². The van der Waals surface area contributed by atoms with Crippen molar-refractivity contribution in [2.24, 2.45) is 0 Å². The van der Waals surface area contributed by atoms with E-state index in [-0.39, 0.29) is 24.0 Å². The van der Waals surface area contributed by atoms with E-state index < -0.39 is 4.92 Å². The summed E-state index contributed by atoms with van der Waals surface area (Å²) in [5, 5.41) is 13.5. The van der Waals surface area contributed by atoms with E-state index >= 15 is 0 Å². The summed E-state index contributed by atoms with van der Waals surface area (Å²) in [5.74, 6) is 0.0407. The zero-order valence-corrected chi connectivity index (χ0v) is 17.2. The Bertz CT molecular complexity index is 1030. The van der Waals surface area contributed by atoms with Crippen LogP contribution in [0.4, 0.5) is 16.5 Å². The van der Waals surface area contributed by atoms with Gasteiger partial charge in [0.05, 0.1) is 16.3 Å². The molecule has 3 aromatic rings. The van der Waals surface area contributed by atoms with E-state index in [1.54, 1.807) is 29.3 Å². The number of nitrogens with zero attached hydrogens (tertiary/aromatic N) is 3. The molecule has 0 N–H and O–H groups in total. The van der Waals surface area contributed by atoms with Gasteiger partial charge in [-0.2, -0.15) is 0 Å². The first-order valence-corrected chi connectivity index (χ1v) is 9.99. The monoisotopic (exact) mass is 411 g/mol. The number of thiazole rings is 1. The topological polar surface area (TPSA) is 85.6 Å². The van der Waals surface area contributed by atoms with Crippen molar-refractivity contribution in [3.63, 3.8) is 0 Å². The van der Waals surface area contributed by atoms with Gasteiger partial charge in [0.2, 0.25) is 5.91 Å². The quantitative estimate of drug-likeness (QED) is 0.395. The van der Waals surface area contributed by atoms with Gasteiger partial charge < -0.3 is 4.74 Å². The summed E-state index contributed by atoms with van der Waals surface area (Å²) < 4.78 is 5.63. The van der Waals surface area contributed by atoms with Gasteiger partial charge in [-0.25, -0.2) is 4.98 Å². The van der Waals surface area contributed by atoms with E-state index in [1.807, 2.05) is 24.3 Å². The van der Waals surface area contributed by atoms with E-state index in [4.69, 9.17) is 4.74 Å². The Labute approximate surface area is 172 Å². The molecule has 0 spiro atoms. The number of rotatable bonds is 7. The summed E-state index contributed by atoms with van der Waals surface area (Å²) in [4.78, 5) is 29.0. The molecular weight excluding hydrogens is 390 g/mol. The normalized spacial score (nSPS) is 10.6. The second-order valence-corrected chi connectivity index (χ2v) is 7.35. The molecule has 0 saturated heterocycles. The first-order valence-electron chi connectivity index (χ1n) is 9.11. The molecule has 0 fully saturated rings. The van der Waals surface area contributed by atoms with Crippen molar-refractivity contribution in [2.75, 3.05) is 4.90 Å². The van der Waals surface area contributed by atoms with E-state index in [2.05, 4.69) is 11.9 Å². The number of carbonyl (C=O) groups excluding carboxylic acids is 1. The van der Waals surface area contributed by atoms with Gasteiger partial charge in [-0.15, -0.1) is 11.3 Å². The van der Waals surface area contributed by atoms with Crippen LogP contribution in [-0.2, 0) is 17.8 Å². The third-order valence-electron chi connectivity index (χ3n) is 4.34. The average molecular weight is 411 g/mol. The number of benzene rings is 2. The smallest absolute Gasteiger partial charge is 0.311 e. The van der Waals surface area contributed by atoms with Gasteiger partial charge in [0.15, 0.2) is 10.9 Å². The first kappa shape index (κ1) is 20.5. The van der Waals surface area contributed by atoms with Gasteiger partial charge in [-0.05, 0) is 42.7 Å². The summed E-state index contributed by atoms with van der Waals surface area (Å²) in [6.07, 6.45) is 0.921. The summed E-state index contributed by atoms with van der Waals surface area (Å²) in [6, 6.07) is 12.6. The Kier molecular flexibility index (Phi) is 6.23. The molecule has 0 radical (unpaired) electrons. The number of ether oxygens (including phenoxy) is 1. The maximum Gasteiger partial charge on any atom is 0.311 e. The molecule has 1 aromatic heterocycles. The van der Waals surface area contributed by atoms with Gasteiger partial charge in [0, 0.05) is 18.4 Å². The summed E-state index contributed by atoms with van der Waals surface area (Å²) in [6.45, 7) is 5.41. The standard InChI is InChI=1S/C21H21N3O4S/c1-4-16-6-8-18(9-7-16)23(15(3)25)21-22-17(13-29-21)12-28-20-10-5-14(2)11-19(20)24(26)27/h5-11,13H,4,12H2,1-3H3. The van der Waals surface area contributed by atoms with Crippen molar-refractivity contribution < 1.29 is 14.5 Å². The maximum atomic E-state index is 12.2. The molecule has 0 atom stereocenters.